The van der Waals surface area contributed by atoms with Gasteiger partial charge >= 0.3 is 6.61 Å². The maximum Gasteiger partial charge on any atom is 0.387 e. The molecule has 0 spiro atoms. The third kappa shape index (κ3) is 5.19. The summed E-state index contributed by atoms with van der Waals surface area (Å²) < 4.78 is 28.9. The quantitative estimate of drug-likeness (QED) is 0.811. The fourth-order valence-corrected chi connectivity index (χ4v) is 1.69. The van der Waals surface area contributed by atoms with E-state index in [4.69, 9.17) is 11.6 Å². The molecule has 1 rings (SSSR count). The molecule has 18 heavy (non-hydrogen) atoms. The second kappa shape index (κ2) is 7.54. The van der Waals surface area contributed by atoms with Gasteiger partial charge in [0.2, 0.25) is 0 Å². The Morgan fingerprint density at radius 3 is 2.72 bits per heavy atom. The largest absolute Gasteiger partial charge is 0.434 e. The number of halogens is 3. The van der Waals surface area contributed by atoms with Crippen molar-refractivity contribution in [2.24, 2.45) is 5.92 Å². The van der Waals surface area contributed by atoms with Gasteiger partial charge in [-0.2, -0.15) is 8.78 Å². The van der Waals surface area contributed by atoms with Gasteiger partial charge in [-0.1, -0.05) is 31.9 Å². The number of rotatable bonds is 7. The number of nitrogens with one attached hydrogen (secondary N) is 1. The fourth-order valence-electron chi connectivity index (χ4n) is 1.49. The number of ether oxygens (including phenoxy) is 1. The molecule has 0 radical (unpaired) electrons. The highest BCUT2D eigenvalue weighted by Gasteiger charge is 2.10. The number of benzene rings is 1. The van der Waals surface area contributed by atoms with Gasteiger partial charge in [0.1, 0.15) is 5.75 Å². The molecule has 0 saturated carbocycles. The molecule has 5 heteroatoms. The summed E-state index contributed by atoms with van der Waals surface area (Å²) in [4.78, 5) is 0. The Hall–Kier alpha value is -0.870. The zero-order valence-electron chi connectivity index (χ0n) is 10.6. The fraction of sp³-hybridized carbons (Fsp3) is 0.538. The summed E-state index contributed by atoms with van der Waals surface area (Å²) in [6.45, 7) is 2.71. The van der Waals surface area contributed by atoms with Crippen molar-refractivity contribution in [1.82, 2.24) is 5.32 Å². The summed E-state index contributed by atoms with van der Waals surface area (Å²) in [5.74, 6) is 0.717. The van der Waals surface area contributed by atoms with E-state index in [0.717, 1.165) is 13.0 Å². The van der Waals surface area contributed by atoms with Crippen LogP contribution in [0.15, 0.2) is 18.2 Å². The molecule has 1 aromatic rings. The second-order valence-corrected chi connectivity index (χ2v) is 4.71. The average Bonchev–Trinajstić information content (AvgIpc) is 2.31. The van der Waals surface area contributed by atoms with Crippen molar-refractivity contribution in [3.05, 3.63) is 28.8 Å². The summed E-state index contributed by atoms with van der Waals surface area (Å²) in [5.41, 5.74) is 0.645. The van der Waals surface area contributed by atoms with Crippen LogP contribution in [0.2, 0.25) is 5.02 Å². The molecule has 0 aliphatic carbocycles. The topological polar surface area (TPSA) is 21.3 Å². The predicted octanol–water partition coefficient (Wildman–Crippen LogP) is 4.08. The molecular formula is C13H18ClF2NO. The van der Waals surface area contributed by atoms with Gasteiger partial charge in [-0.3, -0.25) is 0 Å². The van der Waals surface area contributed by atoms with Gasteiger partial charge in [0.05, 0.1) is 0 Å². The molecule has 0 aromatic heterocycles. The van der Waals surface area contributed by atoms with E-state index in [0.29, 0.717) is 23.0 Å². The van der Waals surface area contributed by atoms with Crippen LogP contribution in [0, 0.1) is 5.92 Å². The van der Waals surface area contributed by atoms with E-state index in [1.807, 2.05) is 0 Å². The van der Waals surface area contributed by atoms with E-state index < -0.39 is 6.61 Å². The summed E-state index contributed by atoms with van der Waals surface area (Å²) >= 11 is 5.85. The highest BCUT2D eigenvalue weighted by atomic mass is 35.5. The Morgan fingerprint density at radius 2 is 2.11 bits per heavy atom. The van der Waals surface area contributed by atoms with Crippen molar-refractivity contribution < 1.29 is 13.5 Å². The minimum absolute atomic E-state index is 0.172. The standard InChI is InChI=1S/C13H18ClF2NO/c1-3-9(2)7-17-8-10-6-11(14)4-5-12(10)18-13(15)16/h4-6,9,13,17H,3,7-8H2,1-2H3. The first-order valence-electron chi connectivity index (χ1n) is 5.96. The van der Waals surface area contributed by atoms with Gasteiger partial charge in [0, 0.05) is 17.1 Å². The smallest absolute Gasteiger partial charge is 0.387 e. The first-order valence-corrected chi connectivity index (χ1v) is 6.34. The summed E-state index contributed by atoms with van der Waals surface area (Å²) in [6.07, 6.45) is 1.07. The Bertz CT molecular complexity index is 374. The van der Waals surface area contributed by atoms with Crippen molar-refractivity contribution in [3.63, 3.8) is 0 Å². The molecule has 1 N–H and O–H groups in total. The molecule has 0 aliphatic heterocycles. The average molecular weight is 278 g/mol. The van der Waals surface area contributed by atoms with Crippen LogP contribution in [0.5, 0.6) is 5.75 Å². The minimum Gasteiger partial charge on any atom is -0.434 e. The van der Waals surface area contributed by atoms with Gasteiger partial charge in [0.15, 0.2) is 0 Å². The van der Waals surface area contributed by atoms with E-state index in [1.165, 1.54) is 12.1 Å². The monoisotopic (exact) mass is 277 g/mol. The lowest BCUT2D eigenvalue weighted by Crippen LogP contribution is -2.21. The molecule has 0 saturated heterocycles. The minimum atomic E-state index is -2.82. The maximum absolute atomic E-state index is 12.2. The molecular weight excluding hydrogens is 260 g/mol. The van der Waals surface area contributed by atoms with Crippen LogP contribution < -0.4 is 10.1 Å². The van der Waals surface area contributed by atoms with Gasteiger partial charge in [-0.25, -0.2) is 0 Å². The van der Waals surface area contributed by atoms with Gasteiger partial charge in [-0.05, 0) is 30.7 Å². The molecule has 1 atom stereocenters. The van der Waals surface area contributed by atoms with Gasteiger partial charge in [0.25, 0.3) is 0 Å². The molecule has 0 amide bonds. The van der Waals surface area contributed by atoms with Crippen LogP contribution in [0.1, 0.15) is 25.8 Å². The predicted molar refractivity (Wildman–Crippen MR) is 69.2 cm³/mol. The molecule has 1 aromatic carbocycles. The van der Waals surface area contributed by atoms with Gasteiger partial charge in [-0.15, -0.1) is 0 Å². The summed E-state index contributed by atoms with van der Waals surface area (Å²) in [6, 6.07) is 4.65. The van der Waals surface area contributed by atoms with E-state index >= 15 is 0 Å². The lowest BCUT2D eigenvalue weighted by molar-refractivity contribution is -0.0505. The van der Waals surface area contributed by atoms with Crippen molar-refractivity contribution in [1.29, 1.82) is 0 Å². The van der Waals surface area contributed by atoms with Crippen molar-refractivity contribution in [3.8, 4) is 5.75 Å². The third-order valence-corrected chi connectivity index (χ3v) is 2.98. The van der Waals surface area contributed by atoms with E-state index in [2.05, 4.69) is 23.9 Å². The molecule has 0 fully saturated rings. The summed E-state index contributed by atoms with van der Waals surface area (Å²) in [5, 5.41) is 3.72. The lowest BCUT2D eigenvalue weighted by atomic mass is 10.1. The number of hydrogen-bond acceptors (Lipinski definition) is 2. The Labute approximate surface area is 111 Å². The zero-order chi connectivity index (χ0) is 13.5. The Morgan fingerprint density at radius 1 is 1.39 bits per heavy atom. The van der Waals surface area contributed by atoms with Crippen LogP contribution in [-0.2, 0) is 6.54 Å². The first kappa shape index (κ1) is 15.2. The molecule has 0 heterocycles. The van der Waals surface area contributed by atoms with Crippen molar-refractivity contribution >= 4 is 11.6 Å². The highest BCUT2D eigenvalue weighted by molar-refractivity contribution is 6.30. The Kier molecular flexibility index (Phi) is 6.36. The normalized spacial score (nSPS) is 12.8. The lowest BCUT2D eigenvalue weighted by Gasteiger charge is -2.13. The Balaban J connectivity index is 2.64. The number of alkyl halides is 2. The van der Waals surface area contributed by atoms with Crippen LogP contribution >= 0.6 is 11.6 Å². The summed E-state index contributed by atoms with van der Waals surface area (Å²) in [7, 11) is 0. The molecule has 1 unspecified atom stereocenters. The van der Waals surface area contributed by atoms with Crippen LogP contribution in [0.4, 0.5) is 8.78 Å². The first-order chi connectivity index (χ1) is 8.52. The number of hydrogen-bond donors (Lipinski definition) is 1. The van der Waals surface area contributed by atoms with E-state index in [-0.39, 0.29) is 5.75 Å². The molecule has 0 bridgehead atoms. The zero-order valence-corrected chi connectivity index (χ0v) is 11.3. The molecule has 102 valence electrons. The highest BCUT2D eigenvalue weighted by Crippen LogP contribution is 2.24. The van der Waals surface area contributed by atoms with E-state index in [1.54, 1.807) is 6.07 Å². The van der Waals surface area contributed by atoms with E-state index in [9.17, 15) is 8.78 Å². The molecule has 2 nitrogen and oxygen atoms in total. The molecule has 0 aliphatic rings. The van der Waals surface area contributed by atoms with Crippen molar-refractivity contribution in [2.45, 2.75) is 33.4 Å². The second-order valence-electron chi connectivity index (χ2n) is 4.27. The maximum atomic E-state index is 12.2. The van der Waals surface area contributed by atoms with Crippen LogP contribution in [0.3, 0.4) is 0 Å². The SMILES string of the molecule is CCC(C)CNCc1cc(Cl)ccc1OC(F)F. The van der Waals surface area contributed by atoms with Gasteiger partial charge < -0.3 is 10.1 Å². The third-order valence-electron chi connectivity index (χ3n) is 2.74. The van der Waals surface area contributed by atoms with Crippen LogP contribution in [-0.4, -0.2) is 13.2 Å². The van der Waals surface area contributed by atoms with Crippen LogP contribution in [0.25, 0.3) is 0 Å². The van der Waals surface area contributed by atoms with Crippen molar-refractivity contribution in [2.75, 3.05) is 6.54 Å².